The number of ether oxygens (including phenoxy) is 1. The highest BCUT2D eigenvalue weighted by molar-refractivity contribution is 5.98. The molecular formula is C10H16NO2Si. The van der Waals surface area contributed by atoms with Gasteiger partial charge < -0.3 is 14.9 Å². The highest BCUT2D eigenvalue weighted by Gasteiger charge is 2.10. The molecule has 2 N–H and O–H groups in total. The molecule has 0 spiro atoms. The van der Waals surface area contributed by atoms with Gasteiger partial charge in [-0.3, -0.25) is 0 Å². The Labute approximate surface area is 87.8 Å². The van der Waals surface area contributed by atoms with Crippen molar-refractivity contribution in [3.63, 3.8) is 0 Å². The highest BCUT2D eigenvalue weighted by Crippen LogP contribution is 2.29. The molecule has 0 saturated heterocycles. The quantitative estimate of drug-likeness (QED) is 0.591. The lowest BCUT2D eigenvalue weighted by Crippen LogP contribution is -2.02. The van der Waals surface area contributed by atoms with Gasteiger partial charge in [-0.25, -0.2) is 0 Å². The van der Waals surface area contributed by atoms with Crippen molar-refractivity contribution < 1.29 is 9.16 Å². The van der Waals surface area contributed by atoms with Crippen LogP contribution in [0.4, 0.5) is 5.69 Å². The van der Waals surface area contributed by atoms with Crippen molar-refractivity contribution in [1.29, 1.82) is 0 Å². The molecule has 0 fully saturated rings. The lowest BCUT2D eigenvalue weighted by molar-refractivity contribution is 0.277. The fourth-order valence-corrected chi connectivity index (χ4v) is 1.63. The van der Waals surface area contributed by atoms with Crippen LogP contribution in [0.5, 0.6) is 5.75 Å². The molecule has 1 unspecified atom stereocenters. The van der Waals surface area contributed by atoms with Gasteiger partial charge in [0.05, 0.1) is 18.9 Å². The Hall–Kier alpha value is -1.00. The predicted octanol–water partition coefficient (Wildman–Crippen LogP) is 0.758. The van der Waals surface area contributed by atoms with Crippen molar-refractivity contribution >= 4 is 16.2 Å². The minimum Gasteiger partial charge on any atom is -0.495 e. The summed E-state index contributed by atoms with van der Waals surface area (Å²) in [5.41, 5.74) is 8.53. The van der Waals surface area contributed by atoms with E-state index in [4.69, 9.17) is 14.9 Å². The summed E-state index contributed by atoms with van der Waals surface area (Å²) in [7, 11) is 2.27. The molecule has 0 aliphatic carbocycles. The van der Waals surface area contributed by atoms with E-state index in [2.05, 4.69) is 6.92 Å². The first-order valence-electron chi connectivity index (χ1n) is 4.40. The maximum Gasteiger partial charge on any atom is 0.146 e. The molecule has 14 heavy (non-hydrogen) atoms. The molecule has 77 valence electrons. The molecule has 0 amide bonds. The predicted molar refractivity (Wildman–Crippen MR) is 61.3 cm³/mol. The summed E-state index contributed by atoms with van der Waals surface area (Å²) < 4.78 is 10.4. The highest BCUT2D eigenvalue weighted by atomic mass is 28.2. The molecule has 0 aliphatic heterocycles. The molecule has 0 aromatic heterocycles. The lowest BCUT2D eigenvalue weighted by Gasteiger charge is -2.16. The van der Waals surface area contributed by atoms with E-state index in [1.165, 1.54) is 0 Å². The van der Waals surface area contributed by atoms with Crippen LogP contribution in [-0.2, 0) is 4.43 Å². The summed E-state index contributed by atoms with van der Waals surface area (Å²) in [4.78, 5) is 0. The van der Waals surface area contributed by atoms with Crippen LogP contribution in [0.15, 0.2) is 12.1 Å². The minimum atomic E-state index is -0.129. The summed E-state index contributed by atoms with van der Waals surface area (Å²) in [6, 6.07) is 3.77. The Morgan fingerprint density at radius 3 is 2.64 bits per heavy atom. The van der Waals surface area contributed by atoms with E-state index < -0.39 is 0 Å². The number of hydrogen-bond acceptors (Lipinski definition) is 3. The fourth-order valence-electron chi connectivity index (χ4n) is 1.38. The summed E-state index contributed by atoms with van der Waals surface area (Å²) in [5, 5.41) is 0. The van der Waals surface area contributed by atoms with Crippen LogP contribution < -0.4 is 10.5 Å². The molecule has 0 saturated carbocycles. The molecule has 1 rings (SSSR count). The summed E-state index contributed by atoms with van der Waals surface area (Å²) in [6.45, 7) is 5.90. The molecule has 1 atom stereocenters. The first-order chi connectivity index (χ1) is 6.60. The number of benzene rings is 1. The van der Waals surface area contributed by atoms with E-state index in [0.29, 0.717) is 21.9 Å². The molecular weight excluding hydrogens is 194 g/mol. The van der Waals surface area contributed by atoms with E-state index in [-0.39, 0.29) is 6.10 Å². The summed E-state index contributed by atoms with van der Waals surface area (Å²) >= 11 is 0. The van der Waals surface area contributed by atoms with Gasteiger partial charge in [0.1, 0.15) is 16.2 Å². The Morgan fingerprint density at radius 2 is 2.14 bits per heavy atom. The van der Waals surface area contributed by atoms with Gasteiger partial charge >= 0.3 is 0 Å². The third-order valence-corrected chi connectivity index (χ3v) is 2.82. The fraction of sp³-hybridized carbons (Fsp3) is 0.300. The van der Waals surface area contributed by atoms with Crippen LogP contribution in [0.3, 0.4) is 0 Å². The maximum atomic E-state index is 5.76. The third-order valence-electron chi connectivity index (χ3n) is 2.25. The molecule has 0 bridgehead atoms. The second-order valence-electron chi connectivity index (χ2n) is 3.18. The first-order valence-corrected chi connectivity index (χ1v) is 5.21. The molecule has 1 aromatic rings. The first kappa shape index (κ1) is 11.1. The normalized spacial score (nSPS) is 12.8. The van der Waals surface area contributed by atoms with E-state index in [0.717, 1.165) is 11.1 Å². The smallest absolute Gasteiger partial charge is 0.146 e. The van der Waals surface area contributed by atoms with Crippen molar-refractivity contribution in [2.75, 3.05) is 12.8 Å². The van der Waals surface area contributed by atoms with Crippen molar-refractivity contribution in [3.05, 3.63) is 30.2 Å². The van der Waals surface area contributed by atoms with Gasteiger partial charge in [0.15, 0.2) is 0 Å². The summed E-state index contributed by atoms with van der Waals surface area (Å²) in [5.74, 6) is 0.679. The van der Waals surface area contributed by atoms with Gasteiger partial charge in [0, 0.05) is 0 Å². The summed E-state index contributed by atoms with van der Waals surface area (Å²) in [6.07, 6.45) is -0.129. The number of rotatable bonds is 3. The van der Waals surface area contributed by atoms with Crippen LogP contribution >= 0.6 is 0 Å². The zero-order chi connectivity index (χ0) is 10.7. The second kappa shape index (κ2) is 4.48. The van der Waals surface area contributed by atoms with Crippen molar-refractivity contribution in [2.24, 2.45) is 0 Å². The Morgan fingerprint density at radius 1 is 1.50 bits per heavy atom. The number of nitrogen functional groups attached to an aromatic ring is 1. The number of aryl methyl sites for hydroxylation is 1. The third kappa shape index (κ3) is 2.08. The van der Waals surface area contributed by atoms with Crippen molar-refractivity contribution in [2.45, 2.75) is 13.0 Å². The Balaban J connectivity index is 3.17. The Bertz CT molecular complexity index is 328. The number of anilines is 1. The van der Waals surface area contributed by atoms with Crippen LogP contribution in [0, 0.1) is 13.8 Å². The zero-order valence-corrected chi connectivity index (χ0v) is 10.8. The maximum absolute atomic E-state index is 5.76. The largest absolute Gasteiger partial charge is 0.495 e. The van der Waals surface area contributed by atoms with Crippen molar-refractivity contribution in [3.8, 4) is 5.75 Å². The number of hydrogen-bond donors (Lipinski definition) is 1. The average Bonchev–Trinajstić information content (AvgIpc) is 2.17. The van der Waals surface area contributed by atoms with Gasteiger partial charge in [-0.2, -0.15) is 0 Å². The number of methoxy groups -OCH3 is 1. The van der Waals surface area contributed by atoms with Crippen LogP contribution in [0.25, 0.3) is 0 Å². The van der Waals surface area contributed by atoms with Gasteiger partial charge in [-0.05, 0) is 37.1 Å². The van der Waals surface area contributed by atoms with Gasteiger partial charge in [0.2, 0.25) is 0 Å². The SMILES string of the molecule is [CH2]C(O[SiH3])c1cc(OC)c(N)cc1C. The van der Waals surface area contributed by atoms with Gasteiger partial charge in [0.25, 0.3) is 0 Å². The van der Waals surface area contributed by atoms with Crippen molar-refractivity contribution in [1.82, 2.24) is 0 Å². The molecule has 1 radical (unpaired) electrons. The molecule has 3 nitrogen and oxygen atoms in total. The lowest BCUT2D eigenvalue weighted by atomic mass is 10.0. The molecule has 0 aliphatic rings. The van der Waals surface area contributed by atoms with Crippen LogP contribution in [0.1, 0.15) is 17.2 Å². The van der Waals surface area contributed by atoms with Crippen LogP contribution in [0.2, 0.25) is 0 Å². The van der Waals surface area contributed by atoms with E-state index in [1.54, 1.807) is 7.11 Å². The van der Waals surface area contributed by atoms with Gasteiger partial charge in [-0.15, -0.1) is 0 Å². The second-order valence-corrected chi connectivity index (χ2v) is 3.65. The molecule has 4 heteroatoms. The number of nitrogens with two attached hydrogens (primary N) is 1. The Kier molecular flexibility index (Phi) is 3.54. The standard InChI is InChI=1S/C10H16NO2Si/c1-6-4-9(11)10(12-3)5-8(6)7(2)13-14/h4-5,7H,2,11H2,1,3,14H3. The zero-order valence-electron chi connectivity index (χ0n) is 8.83. The molecule has 0 heterocycles. The topological polar surface area (TPSA) is 44.5 Å². The van der Waals surface area contributed by atoms with Crippen LogP contribution in [-0.4, -0.2) is 17.6 Å². The van der Waals surface area contributed by atoms with E-state index in [1.807, 2.05) is 19.1 Å². The average molecular weight is 210 g/mol. The van der Waals surface area contributed by atoms with E-state index in [9.17, 15) is 0 Å². The van der Waals surface area contributed by atoms with E-state index >= 15 is 0 Å². The molecule has 1 aromatic carbocycles. The van der Waals surface area contributed by atoms with Gasteiger partial charge in [-0.1, -0.05) is 0 Å². The minimum absolute atomic E-state index is 0.129. The monoisotopic (exact) mass is 210 g/mol.